The van der Waals surface area contributed by atoms with Crippen molar-refractivity contribution in [3.05, 3.63) is 98.7 Å². The molecule has 2 N–H and O–H groups in total. The van der Waals surface area contributed by atoms with Crippen LogP contribution in [-0.2, 0) is 4.79 Å². The van der Waals surface area contributed by atoms with Gasteiger partial charge in [-0.2, -0.15) is 0 Å². The third-order valence-corrected chi connectivity index (χ3v) is 8.38. The largest absolute Gasteiger partial charge is 0.358 e. The van der Waals surface area contributed by atoms with Gasteiger partial charge in [0.15, 0.2) is 0 Å². The number of aromatic nitrogens is 1. The fourth-order valence-electron chi connectivity index (χ4n) is 5.04. The number of nitrogens with zero attached hydrogens (tertiary/aromatic N) is 3. The predicted octanol–water partition coefficient (Wildman–Crippen LogP) is 6.11. The Morgan fingerprint density at radius 3 is 2.40 bits per heavy atom. The molecule has 2 aromatic rings. The molecule has 0 aliphatic carbocycles. The summed E-state index contributed by atoms with van der Waals surface area (Å²) in [5.41, 5.74) is 9.10. The number of carbonyl (C=O) groups excluding carboxylic acids is 2. The zero-order chi connectivity index (χ0) is 31.5. The van der Waals surface area contributed by atoms with Crippen LogP contribution in [0.2, 0.25) is 0 Å². The maximum absolute atomic E-state index is 13.4. The Bertz CT molecular complexity index is 1510. The van der Waals surface area contributed by atoms with Crippen molar-refractivity contribution in [3.63, 3.8) is 0 Å². The number of terminal acetylenes is 1. The Labute approximate surface area is 260 Å². The molecule has 2 aliphatic rings. The number of piperazine rings is 1. The van der Waals surface area contributed by atoms with Crippen molar-refractivity contribution in [2.24, 2.45) is 4.99 Å². The molecule has 0 bridgehead atoms. The lowest BCUT2D eigenvalue weighted by molar-refractivity contribution is -0.108. The third kappa shape index (κ3) is 8.73. The summed E-state index contributed by atoms with van der Waals surface area (Å²) in [6.45, 7) is 14.8. The van der Waals surface area contributed by atoms with Crippen LogP contribution in [0.4, 0.5) is 0 Å². The molecule has 8 heteroatoms. The van der Waals surface area contributed by atoms with Crippen LogP contribution >= 0.6 is 11.8 Å². The molecule has 0 spiro atoms. The Balaban J connectivity index is 0.00000162. The molecule has 226 valence electrons. The monoisotopic (exact) mass is 597 g/mol. The molecule has 0 unspecified atom stereocenters. The van der Waals surface area contributed by atoms with Gasteiger partial charge in [-0.1, -0.05) is 30.3 Å². The summed E-state index contributed by atoms with van der Waals surface area (Å²) in [6.07, 6.45) is 11.6. The van der Waals surface area contributed by atoms with Gasteiger partial charge in [0.1, 0.15) is 5.04 Å². The Kier molecular flexibility index (Phi) is 12.4. The number of carbonyl (C=O) groups is 2. The van der Waals surface area contributed by atoms with Gasteiger partial charge in [-0.15, -0.1) is 24.1 Å². The van der Waals surface area contributed by atoms with Crippen molar-refractivity contribution in [2.75, 3.05) is 39.0 Å². The lowest BCUT2D eigenvalue weighted by atomic mass is 9.99. The molecule has 2 amide bonds. The summed E-state index contributed by atoms with van der Waals surface area (Å²) in [6, 6.07) is 10.2. The van der Waals surface area contributed by atoms with Gasteiger partial charge in [0.25, 0.3) is 5.91 Å². The fourth-order valence-corrected chi connectivity index (χ4v) is 5.90. The number of H-pyrrole nitrogens is 1. The molecule has 7 nitrogen and oxygen atoms in total. The van der Waals surface area contributed by atoms with Gasteiger partial charge in [0.2, 0.25) is 6.41 Å². The van der Waals surface area contributed by atoms with Crippen LogP contribution in [0.15, 0.2) is 75.6 Å². The van der Waals surface area contributed by atoms with Gasteiger partial charge in [-0.05, 0) is 89.1 Å². The van der Waals surface area contributed by atoms with Crippen LogP contribution in [-0.4, -0.2) is 71.1 Å². The second-order valence-electron chi connectivity index (χ2n) is 10.7. The molecule has 1 fully saturated rings. The van der Waals surface area contributed by atoms with Crippen LogP contribution in [0.5, 0.6) is 0 Å². The van der Waals surface area contributed by atoms with Crippen molar-refractivity contribution in [2.45, 2.75) is 41.5 Å². The molecule has 0 atom stereocenters. The zero-order valence-electron chi connectivity index (χ0n) is 26.4. The Hall–Kier alpha value is -4.06. The topological polar surface area (TPSA) is 80.8 Å². The van der Waals surface area contributed by atoms with E-state index < -0.39 is 0 Å². The first-order chi connectivity index (χ1) is 20.6. The van der Waals surface area contributed by atoms with Crippen LogP contribution in [0.1, 0.15) is 60.6 Å². The van der Waals surface area contributed by atoms with Crippen LogP contribution in [0.3, 0.4) is 0 Å². The maximum atomic E-state index is 13.4. The van der Waals surface area contributed by atoms with E-state index in [2.05, 4.69) is 65.0 Å². The number of allylic oxidation sites excluding steroid dienone is 5. The highest BCUT2D eigenvalue weighted by Crippen LogP contribution is 2.29. The van der Waals surface area contributed by atoms with Gasteiger partial charge in [-0.25, -0.2) is 4.99 Å². The van der Waals surface area contributed by atoms with Crippen LogP contribution in [0.25, 0.3) is 6.08 Å². The molecule has 3 heterocycles. The van der Waals surface area contributed by atoms with Gasteiger partial charge in [0.05, 0.1) is 11.3 Å². The van der Waals surface area contributed by atoms with E-state index in [-0.39, 0.29) is 5.91 Å². The summed E-state index contributed by atoms with van der Waals surface area (Å²) >= 11 is 1.72. The molecular weight excluding hydrogens is 554 g/mol. The number of likely N-dealkylation sites (N-methyl/N-ethyl adjacent to an activating group) is 1. The third-order valence-electron chi connectivity index (χ3n) is 7.45. The number of amides is 2. The molecule has 43 heavy (non-hydrogen) atoms. The summed E-state index contributed by atoms with van der Waals surface area (Å²) < 4.78 is 0. The van der Waals surface area contributed by atoms with E-state index in [4.69, 9.17) is 4.99 Å². The van der Waals surface area contributed by atoms with Gasteiger partial charge >= 0.3 is 0 Å². The number of hydrogen-bond donors (Lipinski definition) is 2. The SMILES string of the molecule is C#CC.C/C(NC=O)=C(\C=C(/C)C1=CCSC(c2ccccc2)=N1)C(/C)=C/c1[nH]c(C)c(C(=O)N2CCN(C)CC2)c1C. The average Bonchev–Trinajstić information content (AvgIpc) is 3.28. The van der Waals surface area contributed by atoms with Crippen LogP contribution in [0, 0.1) is 26.2 Å². The highest BCUT2D eigenvalue weighted by molar-refractivity contribution is 8.14. The van der Waals surface area contributed by atoms with Gasteiger partial charge in [0, 0.05) is 54.6 Å². The van der Waals surface area contributed by atoms with E-state index in [9.17, 15) is 9.59 Å². The lowest BCUT2D eigenvalue weighted by Gasteiger charge is -2.32. The number of thioether (sulfide) groups is 1. The number of aliphatic imine (C=N–C) groups is 1. The molecule has 4 rings (SSSR count). The van der Waals surface area contributed by atoms with E-state index in [0.29, 0.717) is 6.41 Å². The minimum absolute atomic E-state index is 0.0798. The number of aromatic amines is 1. The van der Waals surface area contributed by atoms with Crippen LogP contribution < -0.4 is 5.32 Å². The number of nitrogens with one attached hydrogen (secondary N) is 2. The zero-order valence-corrected chi connectivity index (χ0v) is 27.2. The quantitative estimate of drug-likeness (QED) is 0.219. The number of hydrogen-bond acceptors (Lipinski definition) is 5. The number of rotatable bonds is 8. The highest BCUT2D eigenvalue weighted by atomic mass is 32.2. The van der Waals surface area contributed by atoms with Crippen molar-refractivity contribution < 1.29 is 9.59 Å². The van der Waals surface area contributed by atoms with Crippen molar-refractivity contribution in [1.29, 1.82) is 0 Å². The lowest BCUT2D eigenvalue weighted by Crippen LogP contribution is -2.47. The minimum atomic E-state index is 0.0798. The molecule has 1 aromatic heterocycles. The molecular formula is C35H43N5O2S. The minimum Gasteiger partial charge on any atom is -0.358 e. The van der Waals surface area contributed by atoms with E-state index in [1.54, 1.807) is 18.7 Å². The number of aryl methyl sites for hydroxylation is 1. The average molecular weight is 598 g/mol. The first kappa shape index (κ1) is 33.4. The Morgan fingerprint density at radius 2 is 1.77 bits per heavy atom. The van der Waals surface area contributed by atoms with Crippen molar-refractivity contribution >= 4 is 35.2 Å². The van der Waals surface area contributed by atoms with E-state index in [1.165, 1.54) is 0 Å². The van der Waals surface area contributed by atoms with E-state index in [1.807, 2.05) is 57.7 Å². The highest BCUT2D eigenvalue weighted by Gasteiger charge is 2.25. The summed E-state index contributed by atoms with van der Waals surface area (Å²) in [5, 5.41) is 3.83. The summed E-state index contributed by atoms with van der Waals surface area (Å²) in [5.74, 6) is 3.18. The second kappa shape index (κ2) is 16.0. The maximum Gasteiger partial charge on any atom is 0.256 e. The normalized spacial score (nSPS) is 16.7. The van der Waals surface area contributed by atoms with E-state index >= 15 is 0 Å². The smallest absolute Gasteiger partial charge is 0.256 e. The van der Waals surface area contributed by atoms with E-state index in [0.717, 1.165) is 93.2 Å². The summed E-state index contributed by atoms with van der Waals surface area (Å²) in [4.78, 5) is 37.3. The first-order valence-electron chi connectivity index (χ1n) is 14.4. The predicted molar refractivity (Wildman–Crippen MR) is 181 cm³/mol. The summed E-state index contributed by atoms with van der Waals surface area (Å²) in [7, 11) is 2.08. The molecule has 2 aliphatic heterocycles. The van der Waals surface area contributed by atoms with Gasteiger partial charge in [-0.3, -0.25) is 9.59 Å². The number of benzene rings is 1. The fraction of sp³-hybridized carbons (Fsp3) is 0.343. The van der Waals surface area contributed by atoms with Crippen molar-refractivity contribution in [3.8, 4) is 12.3 Å². The van der Waals surface area contributed by atoms with Gasteiger partial charge < -0.3 is 20.1 Å². The first-order valence-corrected chi connectivity index (χ1v) is 15.4. The molecule has 0 radical (unpaired) electrons. The standard InChI is InChI=1S/C32H39N5O2S.C3H4/c1-21(19-29-23(3)30(25(5)34-29)32(39)37-15-13-36(6)14-16-37)27(24(4)33-20-38)18-22(2)28-12-17-40-31(35-28)26-10-8-7-9-11-26;1-3-2/h7-12,18-20,34H,13-17H2,1-6H3,(H,33,38);1H,2H3/b21-19+,22-18+,27-24-;. The second-order valence-corrected chi connectivity index (χ2v) is 11.7. The molecule has 1 aromatic carbocycles. The van der Waals surface area contributed by atoms with Crippen molar-refractivity contribution in [1.82, 2.24) is 20.1 Å². The Morgan fingerprint density at radius 1 is 1.12 bits per heavy atom. The molecule has 0 saturated carbocycles. The molecule has 1 saturated heterocycles.